The summed E-state index contributed by atoms with van der Waals surface area (Å²) < 4.78 is 6.50. The van der Waals surface area contributed by atoms with E-state index >= 15 is 0 Å². The number of rotatable bonds is 4. The molecule has 0 fully saturated rings. The van der Waals surface area contributed by atoms with Crippen molar-refractivity contribution in [3.8, 4) is 0 Å². The summed E-state index contributed by atoms with van der Waals surface area (Å²) in [5.41, 5.74) is 0.938. The van der Waals surface area contributed by atoms with Gasteiger partial charge < -0.3 is 19.6 Å². The van der Waals surface area contributed by atoms with E-state index in [1.165, 1.54) is 10.9 Å². The molecule has 0 saturated heterocycles. The van der Waals surface area contributed by atoms with E-state index < -0.39 is 10.9 Å². The van der Waals surface area contributed by atoms with Crippen LogP contribution in [0, 0.1) is 24.0 Å². The van der Waals surface area contributed by atoms with Gasteiger partial charge in [-0.3, -0.25) is 0 Å². The molecule has 0 spiro atoms. The van der Waals surface area contributed by atoms with E-state index in [1.807, 2.05) is 0 Å². The largest absolute Gasteiger partial charge is 0.475 e. The molecule has 0 saturated carbocycles. The average Bonchev–Trinajstić information content (AvgIpc) is 2.82. The number of carboxylic acids is 1. The lowest BCUT2D eigenvalue weighted by Crippen LogP contribution is -2.00. The molecular weight excluding hydrogens is 254 g/mol. The lowest BCUT2D eigenvalue weighted by Gasteiger charge is -1.92. The number of carbonyl (C=O) groups is 1. The Morgan fingerprint density at radius 1 is 1.53 bits per heavy atom. The number of carboxylic acid groups (broad SMARTS) is 1. The van der Waals surface area contributed by atoms with Crippen LogP contribution >= 0.6 is 0 Å². The molecule has 0 radical (unpaired) electrons. The van der Waals surface area contributed by atoms with Gasteiger partial charge in [-0.2, -0.15) is 4.68 Å². The van der Waals surface area contributed by atoms with Gasteiger partial charge >= 0.3 is 11.8 Å². The van der Waals surface area contributed by atoms with Gasteiger partial charge in [0.25, 0.3) is 0 Å². The van der Waals surface area contributed by atoms with Crippen molar-refractivity contribution in [1.82, 2.24) is 9.78 Å². The van der Waals surface area contributed by atoms with Crippen molar-refractivity contribution in [3.63, 3.8) is 0 Å². The van der Waals surface area contributed by atoms with Crippen molar-refractivity contribution >= 4 is 11.8 Å². The number of furan rings is 1. The van der Waals surface area contributed by atoms with Gasteiger partial charge in [0.1, 0.15) is 12.3 Å². The molecule has 0 amide bonds. The highest BCUT2D eigenvalue weighted by Crippen LogP contribution is 2.18. The second kappa shape index (κ2) is 4.56. The van der Waals surface area contributed by atoms with Crippen LogP contribution in [0.15, 0.2) is 16.7 Å². The lowest BCUT2D eigenvalue weighted by atomic mass is 10.2. The Labute approximate surface area is 107 Å². The van der Waals surface area contributed by atoms with E-state index in [0.717, 1.165) is 0 Å². The third kappa shape index (κ3) is 2.46. The summed E-state index contributed by atoms with van der Waals surface area (Å²) in [7, 11) is 0. The van der Waals surface area contributed by atoms with Gasteiger partial charge in [-0.25, -0.2) is 4.79 Å². The predicted octanol–water partition coefficient (Wildman–Crippen LogP) is 1.75. The smallest absolute Gasteiger partial charge is 0.392 e. The van der Waals surface area contributed by atoms with Crippen LogP contribution in [-0.2, 0) is 6.54 Å². The molecular formula is C11H11N3O5. The van der Waals surface area contributed by atoms with Crippen molar-refractivity contribution in [2.45, 2.75) is 20.4 Å². The van der Waals surface area contributed by atoms with Gasteiger partial charge in [-0.05, 0) is 24.8 Å². The summed E-state index contributed by atoms with van der Waals surface area (Å²) in [6, 6.07) is 1.58. The lowest BCUT2D eigenvalue weighted by molar-refractivity contribution is -0.390. The van der Waals surface area contributed by atoms with Crippen molar-refractivity contribution in [2.75, 3.05) is 0 Å². The maximum Gasteiger partial charge on any atom is 0.392 e. The monoisotopic (exact) mass is 265 g/mol. The topological polar surface area (TPSA) is 111 Å². The summed E-state index contributed by atoms with van der Waals surface area (Å²) >= 11 is 0. The molecule has 2 aromatic heterocycles. The molecule has 0 bridgehead atoms. The highest BCUT2D eigenvalue weighted by Gasteiger charge is 2.19. The van der Waals surface area contributed by atoms with E-state index in [9.17, 15) is 14.9 Å². The molecule has 2 heterocycles. The van der Waals surface area contributed by atoms with E-state index in [2.05, 4.69) is 5.10 Å². The molecule has 0 aliphatic heterocycles. The molecule has 8 heteroatoms. The third-order valence-electron chi connectivity index (χ3n) is 2.57. The fraction of sp³-hybridized carbons (Fsp3) is 0.273. The number of aromatic nitrogens is 2. The molecule has 0 atom stereocenters. The maximum absolute atomic E-state index is 10.8. The first-order valence-corrected chi connectivity index (χ1v) is 5.39. The molecule has 0 aliphatic rings. The molecule has 19 heavy (non-hydrogen) atoms. The summed E-state index contributed by atoms with van der Waals surface area (Å²) in [6.07, 6.45) is 1.51. The maximum atomic E-state index is 10.8. The zero-order valence-electron chi connectivity index (χ0n) is 10.3. The average molecular weight is 265 g/mol. The Morgan fingerprint density at radius 2 is 2.21 bits per heavy atom. The standard InChI is InChI=1S/C11H11N3O5/c1-6-3-8(19-9(6)11(15)16)5-13-4-7(2)10(12-13)14(17)18/h3-4H,5H2,1-2H3,(H,15,16). The Hall–Kier alpha value is -2.64. The van der Waals surface area contributed by atoms with Gasteiger partial charge in [0, 0.05) is 5.56 Å². The van der Waals surface area contributed by atoms with E-state index in [0.29, 0.717) is 16.9 Å². The van der Waals surface area contributed by atoms with E-state index in [4.69, 9.17) is 9.52 Å². The molecule has 2 rings (SSSR count). The number of aromatic carboxylic acids is 1. The number of aryl methyl sites for hydroxylation is 2. The molecule has 1 N–H and O–H groups in total. The van der Waals surface area contributed by atoms with Crippen LogP contribution in [0.3, 0.4) is 0 Å². The predicted molar refractivity (Wildman–Crippen MR) is 63.1 cm³/mol. The van der Waals surface area contributed by atoms with Gasteiger partial charge in [0.05, 0.1) is 16.9 Å². The molecule has 0 aromatic carbocycles. The number of nitrogens with zero attached hydrogens (tertiary/aromatic N) is 3. The number of hydrogen-bond donors (Lipinski definition) is 1. The zero-order valence-corrected chi connectivity index (χ0v) is 10.3. The highest BCUT2D eigenvalue weighted by molar-refractivity contribution is 5.86. The SMILES string of the molecule is Cc1cn(Cc2cc(C)c(C(=O)O)o2)nc1[N+](=O)[O-]. The Morgan fingerprint density at radius 3 is 2.68 bits per heavy atom. The van der Waals surface area contributed by atoms with Crippen molar-refractivity contribution in [2.24, 2.45) is 0 Å². The first-order valence-electron chi connectivity index (χ1n) is 5.39. The summed E-state index contributed by atoms with van der Waals surface area (Å²) in [5, 5.41) is 23.3. The number of hydrogen-bond acceptors (Lipinski definition) is 5. The van der Waals surface area contributed by atoms with Crippen molar-refractivity contribution < 1.29 is 19.2 Å². The fourth-order valence-corrected chi connectivity index (χ4v) is 1.77. The first kappa shape index (κ1) is 12.8. The molecule has 2 aromatic rings. The summed E-state index contributed by atoms with van der Waals surface area (Å²) in [5.74, 6) is -1.12. The molecule has 8 nitrogen and oxygen atoms in total. The van der Waals surface area contributed by atoms with Crippen LogP contribution in [0.5, 0.6) is 0 Å². The minimum atomic E-state index is -1.15. The van der Waals surface area contributed by atoms with Gasteiger partial charge in [-0.1, -0.05) is 0 Å². The van der Waals surface area contributed by atoms with Crippen LogP contribution in [-0.4, -0.2) is 25.8 Å². The summed E-state index contributed by atoms with van der Waals surface area (Å²) in [6.45, 7) is 3.34. The van der Waals surface area contributed by atoms with Crippen LogP contribution in [0.4, 0.5) is 5.82 Å². The number of nitro groups is 1. The fourth-order valence-electron chi connectivity index (χ4n) is 1.77. The van der Waals surface area contributed by atoms with Gasteiger partial charge in [0.15, 0.2) is 0 Å². The quantitative estimate of drug-likeness (QED) is 0.665. The highest BCUT2D eigenvalue weighted by atomic mass is 16.6. The van der Waals surface area contributed by atoms with Crippen molar-refractivity contribution in [1.29, 1.82) is 0 Å². The van der Waals surface area contributed by atoms with Gasteiger partial charge in [0.2, 0.25) is 5.76 Å². The third-order valence-corrected chi connectivity index (χ3v) is 2.57. The Balaban J connectivity index is 2.26. The molecule has 0 aliphatic carbocycles. The van der Waals surface area contributed by atoms with Crippen LogP contribution in [0.25, 0.3) is 0 Å². The minimum Gasteiger partial charge on any atom is -0.475 e. The molecule has 100 valence electrons. The first-order chi connectivity index (χ1) is 8.88. The van der Waals surface area contributed by atoms with Crippen LogP contribution in [0.1, 0.15) is 27.4 Å². The van der Waals surface area contributed by atoms with Crippen molar-refractivity contribution in [3.05, 3.63) is 45.0 Å². The van der Waals surface area contributed by atoms with Crippen LogP contribution in [0.2, 0.25) is 0 Å². The Bertz CT molecular complexity index is 599. The van der Waals surface area contributed by atoms with Gasteiger partial charge in [-0.15, -0.1) is 0 Å². The van der Waals surface area contributed by atoms with E-state index in [1.54, 1.807) is 19.9 Å². The van der Waals surface area contributed by atoms with E-state index in [-0.39, 0.29) is 18.1 Å². The molecule has 0 unspecified atom stereocenters. The normalized spacial score (nSPS) is 10.6. The Kier molecular flexibility index (Phi) is 3.07. The minimum absolute atomic E-state index is 0.131. The van der Waals surface area contributed by atoms with Crippen LogP contribution < -0.4 is 0 Å². The second-order valence-electron chi connectivity index (χ2n) is 4.12. The zero-order chi connectivity index (χ0) is 14.2. The second-order valence-corrected chi connectivity index (χ2v) is 4.12. The summed E-state index contributed by atoms with van der Waals surface area (Å²) in [4.78, 5) is 20.9.